The monoisotopic (exact) mass is 462 g/mol. The summed E-state index contributed by atoms with van der Waals surface area (Å²) in [7, 11) is 6.43. The third-order valence-electron chi connectivity index (χ3n) is 3.89. The Morgan fingerprint density at radius 1 is 0.893 bits per heavy atom. The zero-order valence-corrected chi connectivity index (χ0v) is 20.5. The van der Waals surface area contributed by atoms with Crippen LogP contribution in [0.3, 0.4) is 0 Å². The van der Waals surface area contributed by atoms with Gasteiger partial charge in [0.1, 0.15) is 0 Å². The molecular weight excluding hydrogens is 417 g/mol. The summed E-state index contributed by atoms with van der Waals surface area (Å²) in [5.74, 6) is -0.675. The summed E-state index contributed by atoms with van der Waals surface area (Å²) in [6.45, 7) is 4.04. The molecule has 0 radical (unpaired) electrons. The number of carboxylic acid groups (broad SMARTS) is 1. The minimum absolute atomic E-state index is 0.319. The Hall–Kier alpha value is -0.871. The van der Waals surface area contributed by atoms with Crippen LogP contribution < -0.4 is 0 Å². The molecule has 0 aromatic heterocycles. The van der Waals surface area contributed by atoms with Gasteiger partial charge in [-0.3, -0.25) is 4.79 Å². The third-order valence-corrected chi connectivity index (χ3v) is 4.28. The first kappa shape index (κ1) is 29.3. The topological polar surface area (TPSA) is 46.5 Å². The molecule has 0 bridgehead atoms. The first-order chi connectivity index (χ1) is 13.3. The van der Waals surface area contributed by atoms with Gasteiger partial charge in [-0.25, -0.2) is 0 Å². The third kappa shape index (κ3) is 32.8. The number of hydrogen-bond acceptors (Lipinski definition) is 2. The van der Waals surface area contributed by atoms with E-state index in [0.717, 1.165) is 62.6 Å². The van der Waals surface area contributed by atoms with Gasteiger partial charge >= 0.3 is 64.9 Å². The van der Waals surface area contributed by atoms with E-state index in [1.807, 2.05) is 0 Å². The van der Waals surface area contributed by atoms with Gasteiger partial charge in [-0.2, -0.15) is 0 Å². The van der Waals surface area contributed by atoms with Gasteiger partial charge in [0.05, 0.1) is 0 Å². The average molecular weight is 462 g/mol. The zero-order valence-electron chi connectivity index (χ0n) is 18.6. The molecule has 1 N–H and O–H groups in total. The number of likely N-dealkylation sites (N-methyl/N-ethyl adjacent to an activating group) is 1. The number of rotatable bonds is 16. The Labute approximate surface area is 182 Å². The van der Waals surface area contributed by atoms with E-state index in [0.29, 0.717) is 6.42 Å². The molecule has 0 aliphatic carbocycles. The second-order valence-electron chi connectivity index (χ2n) is 7.84. The van der Waals surface area contributed by atoms with Crippen LogP contribution in [0.4, 0.5) is 0 Å². The van der Waals surface area contributed by atoms with Crippen molar-refractivity contribution in [3.8, 4) is 0 Å². The van der Waals surface area contributed by atoms with Crippen LogP contribution in [0.5, 0.6) is 0 Å². The van der Waals surface area contributed by atoms with Gasteiger partial charge in [-0.05, 0) is 38.5 Å². The van der Waals surface area contributed by atoms with Gasteiger partial charge < -0.3 is 5.11 Å². The van der Waals surface area contributed by atoms with Gasteiger partial charge in [-0.15, -0.1) is 0 Å². The predicted octanol–water partition coefficient (Wildman–Crippen LogP) is 5.19. The summed E-state index contributed by atoms with van der Waals surface area (Å²) in [6.07, 6.45) is 23.4. The Kier molecular flexibility index (Phi) is 23.5. The summed E-state index contributed by atoms with van der Waals surface area (Å²) < 4.78 is 5.81. The average Bonchev–Trinajstić information content (AvgIpc) is 2.63. The van der Waals surface area contributed by atoms with Crippen molar-refractivity contribution in [1.82, 2.24) is 0 Å². The molecule has 0 aromatic carbocycles. The predicted molar refractivity (Wildman–Crippen MR) is 123 cm³/mol. The summed E-state index contributed by atoms with van der Waals surface area (Å²) in [6, 6.07) is 0. The van der Waals surface area contributed by atoms with Crippen LogP contribution in [-0.2, 0) is 8.61 Å². The molecule has 0 atom stereocenters. The van der Waals surface area contributed by atoms with E-state index in [9.17, 15) is 4.79 Å². The molecule has 0 fully saturated rings. The molecule has 0 saturated carbocycles. The van der Waals surface area contributed by atoms with Gasteiger partial charge in [0.25, 0.3) is 0 Å². The van der Waals surface area contributed by atoms with E-state index in [-0.39, 0.29) is 0 Å². The first-order valence-corrected chi connectivity index (χ1v) is 11.3. The van der Waals surface area contributed by atoms with Crippen molar-refractivity contribution in [2.75, 3.05) is 34.3 Å². The molecule has 28 heavy (non-hydrogen) atoms. The fourth-order valence-corrected chi connectivity index (χ4v) is 2.38. The van der Waals surface area contributed by atoms with E-state index in [4.69, 9.17) is 8.93 Å². The fraction of sp³-hybridized carbons (Fsp3) is 0.696. The molecule has 164 valence electrons. The Morgan fingerprint density at radius 2 is 1.43 bits per heavy atom. The molecule has 0 unspecified atom stereocenters. The van der Waals surface area contributed by atoms with Crippen LogP contribution in [0.1, 0.15) is 71.1 Å². The quantitative estimate of drug-likeness (QED) is 0.149. The maximum absolute atomic E-state index is 10.3. The Balaban J connectivity index is 0. The van der Waals surface area contributed by atoms with E-state index >= 15 is 0 Å². The van der Waals surface area contributed by atoms with Gasteiger partial charge in [0, 0.05) is 6.42 Å². The molecule has 0 heterocycles. The van der Waals surface area contributed by atoms with Crippen LogP contribution in [0, 0.1) is 0 Å². The van der Waals surface area contributed by atoms with Gasteiger partial charge in [-0.1, -0.05) is 62.6 Å². The van der Waals surface area contributed by atoms with Crippen LogP contribution in [0.15, 0.2) is 36.5 Å². The van der Waals surface area contributed by atoms with Crippen molar-refractivity contribution in [3.63, 3.8) is 0 Å². The first-order valence-electron chi connectivity index (χ1n) is 10.6. The number of nitrogens with zero attached hydrogens (tertiary/aromatic N) is 1. The van der Waals surface area contributed by atoms with Crippen molar-refractivity contribution in [2.45, 2.75) is 71.1 Å². The van der Waals surface area contributed by atoms with Crippen LogP contribution in [0.25, 0.3) is 0 Å². The van der Waals surface area contributed by atoms with Crippen molar-refractivity contribution in [1.29, 1.82) is 0 Å². The normalized spacial score (nSPS) is 12.0. The molecule has 0 saturated heterocycles. The number of aliphatic carboxylic acids is 1. The number of carboxylic acids is 1. The molecule has 0 amide bonds. The maximum atomic E-state index is 10.3. The molecular formula is C23H44NO3Se+. The summed E-state index contributed by atoms with van der Waals surface area (Å²) >= 11 is 2.12. The van der Waals surface area contributed by atoms with Gasteiger partial charge in [0.2, 0.25) is 0 Å². The number of allylic oxidation sites excluding steroid dienone is 6. The van der Waals surface area contributed by atoms with Crippen molar-refractivity contribution in [3.05, 3.63) is 36.5 Å². The number of hydrogen-bond donors (Lipinski definition) is 1. The Bertz CT molecular complexity index is 426. The van der Waals surface area contributed by atoms with Crippen molar-refractivity contribution < 1.29 is 18.2 Å². The molecule has 0 rings (SSSR count). The summed E-state index contributed by atoms with van der Waals surface area (Å²) in [5.41, 5.74) is 0. The SMILES string of the molecule is CC/C=C\C/C=C\C/C=C\CCCCCCCC(=O)O.C[N+](C)(C)CCO[SeH]. The second kappa shape index (κ2) is 22.4. The van der Waals surface area contributed by atoms with Gasteiger partial charge in [0.15, 0.2) is 0 Å². The number of carbonyl (C=O) groups is 1. The molecule has 4 nitrogen and oxygen atoms in total. The molecule has 0 aliphatic rings. The van der Waals surface area contributed by atoms with Crippen LogP contribution in [-0.4, -0.2) is 66.2 Å². The second-order valence-corrected chi connectivity index (χ2v) is 8.38. The molecule has 0 spiro atoms. The molecule has 5 heteroatoms. The van der Waals surface area contributed by atoms with Crippen LogP contribution in [0.2, 0.25) is 0 Å². The van der Waals surface area contributed by atoms with E-state index < -0.39 is 5.97 Å². The Morgan fingerprint density at radius 3 is 1.93 bits per heavy atom. The van der Waals surface area contributed by atoms with E-state index in [2.05, 4.69) is 80.9 Å². The summed E-state index contributed by atoms with van der Waals surface area (Å²) in [5, 5.41) is 8.50. The van der Waals surface area contributed by atoms with E-state index in [1.165, 1.54) is 12.8 Å². The standard InChI is InChI=1S/C18H30O2.C5H13NOSe/c1-2-3-4-5-6-7-8-9-10-11-12-13-14-15-16-17-18(19)20;1-6(2,3)4-5-7-8/h3-4,6-7,9-10H,2,5,8,11-17H2,1H3,(H,19,20);4-5H2,1-3H3/p+1/b4-3-,7-6-,10-9-;. The molecule has 0 aliphatic heterocycles. The number of unbranched alkanes of at least 4 members (excludes halogenated alkanes) is 5. The zero-order chi connectivity index (χ0) is 21.5. The van der Waals surface area contributed by atoms with Crippen molar-refractivity contribution >= 4 is 22.3 Å². The van der Waals surface area contributed by atoms with Crippen LogP contribution >= 0.6 is 0 Å². The fourth-order valence-electron chi connectivity index (χ4n) is 2.21. The molecule has 0 aromatic rings. The summed E-state index contributed by atoms with van der Waals surface area (Å²) in [4.78, 5) is 10.3. The number of quaternary nitrogens is 1. The van der Waals surface area contributed by atoms with E-state index in [1.54, 1.807) is 0 Å². The minimum atomic E-state index is -0.675. The van der Waals surface area contributed by atoms with Crippen molar-refractivity contribution in [2.24, 2.45) is 0 Å².